The van der Waals surface area contributed by atoms with Gasteiger partial charge in [-0.1, -0.05) is 6.92 Å². The zero-order valence-corrected chi connectivity index (χ0v) is 19.3. The lowest BCUT2D eigenvalue weighted by molar-refractivity contribution is 0.107. The summed E-state index contributed by atoms with van der Waals surface area (Å²) < 4.78 is 0. The van der Waals surface area contributed by atoms with E-state index in [0.29, 0.717) is 6.04 Å². The number of piperazine rings is 1. The average molecular weight is 480 g/mol. The molecule has 1 aromatic rings. The molecule has 2 rings (SSSR count). The minimum absolute atomic E-state index is 0. The third-order valence-corrected chi connectivity index (χ3v) is 5.49. The lowest BCUT2D eigenvalue weighted by Crippen LogP contribution is -2.53. The van der Waals surface area contributed by atoms with E-state index in [1.54, 1.807) is 11.3 Å². The zero-order chi connectivity index (χ0) is 17.5. The van der Waals surface area contributed by atoms with E-state index in [-0.39, 0.29) is 24.0 Å². The van der Waals surface area contributed by atoms with E-state index in [4.69, 9.17) is 0 Å². The molecule has 6 nitrogen and oxygen atoms in total. The van der Waals surface area contributed by atoms with E-state index in [1.807, 2.05) is 14.0 Å². The Morgan fingerprint density at radius 3 is 2.60 bits per heavy atom. The Labute approximate surface area is 173 Å². The van der Waals surface area contributed by atoms with Crippen LogP contribution in [-0.4, -0.2) is 85.0 Å². The maximum atomic E-state index is 4.53. The molecular weight excluding hydrogens is 447 g/mol. The normalized spacial score (nSPS) is 17.9. The van der Waals surface area contributed by atoms with Crippen molar-refractivity contribution >= 4 is 41.3 Å². The zero-order valence-electron chi connectivity index (χ0n) is 16.2. The van der Waals surface area contributed by atoms with Gasteiger partial charge in [-0.15, -0.1) is 35.3 Å². The van der Waals surface area contributed by atoms with Crippen LogP contribution in [0.4, 0.5) is 0 Å². The highest BCUT2D eigenvalue weighted by Crippen LogP contribution is 2.10. The second-order valence-electron chi connectivity index (χ2n) is 6.46. The maximum Gasteiger partial charge on any atom is 0.193 e. The summed E-state index contributed by atoms with van der Waals surface area (Å²) >= 11 is 1.70. The fourth-order valence-corrected chi connectivity index (χ4v) is 3.68. The molecule has 25 heavy (non-hydrogen) atoms. The van der Waals surface area contributed by atoms with E-state index in [1.165, 1.54) is 13.1 Å². The third kappa shape index (κ3) is 6.99. The van der Waals surface area contributed by atoms with Gasteiger partial charge in [0, 0.05) is 58.2 Å². The maximum absolute atomic E-state index is 4.53. The van der Waals surface area contributed by atoms with Crippen LogP contribution in [0.3, 0.4) is 0 Å². The lowest BCUT2D eigenvalue weighted by atomic mass is 10.2. The van der Waals surface area contributed by atoms with E-state index in [0.717, 1.165) is 49.4 Å². The van der Waals surface area contributed by atoms with Gasteiger partial charge >= 0.3 is 0 Å². The molecule has 2 heterocycles. The molecule has 144 valence electrons. The monoisotopic (exact) mass is 480 g/mol. The van der Waals surface area contributed by atoms with Gasteiger partial charge in [0.1, 0.15) is 0 Å². The summed E-state index contributed by atoms with van der Waals surface area (Å²) in [6.07, 6.45) is 0. The van der Waals surface area contributed by atoms with Crippen LogP contribution in [-0.2, 0) is 6.54 Å². The number of nitrogens with one attached hydrogen (secondary N) is 1. The summed E-state index contributed by atoms with van der Waals surface area (Å²) in [5.74, 6) is 0.930. The van der Waals surface area contributed by atoms with Crippen molar-refractivity contribution in [1.82, 2.24) is 25.0 Å². The molecule has 0 saturated carbocycles. The van der Waals surface area contributed by atoms with Crippen molar-refractivity contribution in [3.05, 3.63) is 16.1 Å². The van der Waals surface area contributed by atoms with E-state index >= 15 is 0 Å². The first-order chi connectivity index (χ1) is 11.5. The van der Waals surface area contributed by atoms with Crippen molar-refractivity contribution < 1.29 is 0 Å². The predicted octanol–water partition coefficient (Wildman–Crippen LogP) is 2.10. The molecule has 1 fully saturated rings. The summed E-state index contributed by atoms with van der Waals surface area (Å²) in [5, 5.41) is 6.75. The Hall–Kier alpha value is -0.450. The van der Waals surface area contributed by atoms with Crippen LogP contribution in [0.5, 0.6) is 0 Å². The SMILES string of the molecule is CCN1CCN(C(C)CNC(=NC)N(C)Cc2csc(C)n2)CC1.I. The fraction of sp³-hybridized carbons (Fsp3) is 0.765. The van der Waals surface area contributed by atoms with E-state index in [2.05, 4.69) is 56.3 Å². The van der Waals surface area contributed by atoms with Crippen molar-refractivity contribution in [3.8, 4) is 0 Å². The van der Waals surface area contributed by atoms with Gasteiger partial charge in [0.15, 0.2) is 5.96 Å². The first-order valence-corrected chi connectivity index (χ1v) is 9.70. The van der Waals surface area contributed by atoms with Crippen LogP contribution in [0.15, 0.2) is 10.4 Å². The number of aromatic nitrogens is 1. The van der Waals surface area contributed by atoms with Gasteiger partial charge in [0.05, 0.1) is 17.2 Å². The molecule has 1 aromatic heterocycles. The van der Waals surface area contributed by atoms with Gasteiger partial charge < -0.3 is 15.1 Å². The van der Waals surface area contributed by atoms with Crippen molar-refractivity contribution in [1.29, 1.82) is 0 Å². The van der Waals surface area contributed by atoms with Crippen molar-refractivity contribution in [2.45, 2.75) is 33.4 Å². The number of hydrogen-bond donors (Lipinski definition) is 1. The van der Waals surface area contributed by atoms with Crippen LogP contribution in [0.1, 0.15) is 24.5 Å². The number of aliphatic imine (C=N–C) groups is 1. The molecule has 1 aliphatic rings. The van der Waals surface area contributed by atoms with Crippen LogP contribution < -0.4 is 5.32 Å². The number of likely N-dealkylation sites (N-methyl/N-ethyl adjacent to an activating group) is 1. The highest BCUT2D eigenvalue weighted by molar-refractivity contribution is 14.0. The predicted molar refractivity (Wildman–Crippen MR) is 118 cm³/mol. The third-order valence-electron chi connectivity index (χ3n) is 4.67. The first-order valence-electron chi connectivity index (χ1n) is 8.82. The number of guanidine groups is 1. The summed E-state index contributed by atoms with van der Waals surface area (Å²) in [6.45, 7) is 14.1. The molecule has 1 saturated heterocycles. The molecule has 8 heteroatoms. The Morgan fingerprint density at radius 1 is 1.40 bits per heavy atom. The summed E-state index contributed by atoms with van der Waals surface area (Å²) in [7, 11) is 3.91. The molecule has 0 aromatic carbocycles. The summed E-state index contributed by atoms with van der Waals surface area (Å²) in [6, 6.07) is 0.510. The van der Waals surface area contributed by atoms with Crippen LogP contribution >= 0.6 is 35.3 Å². The standard InChI is InChI=1S/C17H32N6S.HI/c1-6-22-7-9-23(10-8-22)14(2)11-19-17(18-4)21(5)12-16-13-24-15(3)20-16;/h13-14H,6-12H2,1-5H3,(H,18,19);1H. The van der Waals surface area contributed by atoms with Crippen molar-refractivity contribution in [3.63, 3.8) is 0 Å². The number of nitrogens with zero attached hydrogens (tertiary/aromatic N) is 5. The molecule has 1 aliphatic heterocycles. The topological polar surface area (TPSA) is 47.0 Å². The minimum atomic E-state index is 0. The van der Waals surface area contributed by atoms with E-state index < -0.39 is 0 Å². The largest absolute Gasteiger partial charge is 0.355 e. The minimum Gasteiger partial charge on any atom is -0.355 e. The van der Waals surface area contributed by atoms with Crippen LogP contribution in [0.2, 0.25) is 0 Å². The summed E-state index contributed by atoms with van der Waals surface area (Å²) in [4.78, 5) is 16.2. The second kappa shape index (κ2) is 11.3. The molecule has 0 bridgehead atoms. The Morgan fingerprint density at radius 2 is 2.08 bits per heavy atom. The van der Waals surface area contributed by atoms with Gasteiger partial charge in [0.2, 0.25) is 0 Å². The Balaban J connectivity index is 0.00000312. The van der Waals surface area contributed by atoms with Crippen LogP contribution in [0.25, 0.3) is 0 Å². The molecule has 0 aliphatic carbocycles. The molecule has 0 amide bonds. The summed E-state index contributed by atoms with van der Waals surface area (Å²) in [5.41, 5.74) is 1.10. The Kier molecular flexibility index (Phi) is 10.2. The number of thiazole rings is 1. The van der Waals surface area contributed by atoms with Gasteiger partial charge in [0.25, 0.3) is 0 Å². The number of hydrogen-bond acceptors (Lipinski definition) is 5. The van der Waals surface area contributed by atoms with Crippen molar-refractivity contribution in [2.24, 2.45) is 4.99 Å². The molecular formula is C17H33IN6S. The molecule has 0 spiro atoms. The lowest BCUT2D eigenvalue weighted by Gasteiger charge is -2.38. The molecule has 0 radical (unpaired) electrons. The highest BCUT2D eigenvalue weighted by atomic mass is 127. The van der Waals surface area contributed by atoms with Crippen molar-refractivity contribution in [2.75, 3.05) is 53.4 Å². The average Bonchev–Trinajstić information content (AvgIpc) is 3.00. The van der Waals surface area contributed by atoms with Gasteiger partial charge in [-0.2, -0.15) is 0 Å². The number of aryl methyl sites for hydroxylation is 1. The number of halogens is 1. The van der Waals surface area contributed by atoms with Gasteiger partial charge in [-0.05, 0) is 20.4 Å². The van der Waals surface area contributed by atoms with E-state index in [9.17, 15) is 0 Å². The first kappa shape index (κ1) is 22.6. The molecule has 1 N–H and O–H groups in total. The fourth-order valence-electron chi connectivity index (χ4n) is 3.07. The second-order valence-corrected chi connectivity index (χ2v) is 7.52. The quantitative estimate of drug-likeness (QED) is 0.384. The van der Waals surface area contributed by atoms with Gasteiger partial charge in [-0.3, -0.25) is 9.89 Å². The van der Waals surface area contributed by atoms with Crippen LogP contribution in [0, 0.1) is 6.92 Å². The smallest absolute Gasteiger partial charge is 0.193 e. The number of rotatable bonds is 6. The van der Waals surface area contributed by atoms with Gasteiger partial charge in [-0.25, -0.2) is 4.98 Å². The molecule has 1 atom stereocenters. The highest BCUT2D eigenvalue weighted by Gasteiger charge is 2.20. The Bertz CT molecular complexity index is 527. The molecule has 1 unspecified atom stereocenters.